The van der Waals surface area contributed by atoms with Gasteiger partial charge in [-0.05, 0) is 24.1 Å². The number of halogens is 1. The first-order valence-corrected chi connectivity index (χ1v) is 8.69. The van der Waals surface area contributed by atoms with Crippen molar-refractivity contribution in [1.29, 1.82) is 0 Å². The molecule has 0 unspecified atom stereocenters. The maximum Gasteiger partial charge on any atom is 0.0642 e. The van der Waals surface area contributed by atoms with Crippen LogP contribution in [-0.4, -0.2) is 44.1 Å². The number of nitrogens with zero attached hydrogens (tertiary/aromatic N) is 1. The largest absolute Gasteiger partial charge is 0.396 e. The molecule has 4 nitrogen and oxygen atoms in total. The van der Waals surface area contributed by atoms with E-state index in [4.69, 9.17) is 4.74 Å². The van der Waals surface area contributed by atoms with Gasteiger partial charge in [-0.1, -0.05) is 34.1 Å². The Morgan fingerprint density at radius 1 is 1.27 bits per heavy atom. The fourth-order valence-electron chi connectivity index (χ4n) is 3.09. The highest BCUT2D eigenvalue weighted by Crippen LogP contribution is 2.27. The number of aliphatic hydroxyl groups is 1. The lowest BCUT2D eigenvalue weighted by Crippen LogP contribution is -2.37. The minimum absolute atomic E-state index is 0.242. The van der Waals surface area contributed by atoms with E-state index in [-0.39, 0.29) is 6.61 Å². The van der Waals surface area contributed by atoms with Crippen molar-refractivity contribution in [2.45, 2.75) is 19.0 Å². The van der Waals surface area contributed by atoms with Gasteiger partial charge in [0.05, 0.1) is 13.2 Å². The standard InChI is InChI=1S/C17H23BrN2O2/c18-15-3-2-14(11-19-16-4-1-13(9-16)12-21)17(10-15)20-5-7-22-8-6-20/h1-4,10,13,16,19,21H,5-9,11-12H2/t13-,16+/m0/s1. The predicted molar refractivity (Wildman–Crippen MR) is 92.1 cm³/mol. The molecule has 0 spiro atoms. The van der Waals surface area contributed by atoms with Crippen LogP contribution in [0.25, 0.3) is 0 Å². The monoisotopic (exact) mass is 366 g/mol. The van der Waals surface area contributed by atoms with Crippen molar-refractivity contribution in [2.24, 2.45) is 5.92 Å². The van der Waals surface area contributed by atoms with E-state index in [0.29, 0.717) is 12.0 Å². The molecular weight excluding hydrogens is 344 g/mol. The summed E-state index contributed by atoms with van der Waals surface area (Å²) in [6.07, 6.45) is 5.27. The van der Waals surface area contributed by atoms with E-state index in [2.05, 4.69) is 56.5 Å². The Bertz CT molecular complexity index is 529. The molecule has 0 bridgehead atoms. The van der Waals surface area contributed by atoms with Crippen molar-refractivity contribution in [1.82, 2.24) is 5.32 Å². The van der Waals surface area contributed by atoms with Crippen molar-refractivity contribution in [3.8, 4) is 0 Å². The highest BCUT2D eigenvalue weighted by atomic mass is 79.9. The van der Waals surface area contributed by atoms with Crippen LogP contribution in [0.2, 0.25) is 0 Å². The Kier molecular flexibility index (Phi) is 5.52. The number of benzene rings is 1. The summed E-state index contributed by atoms with van der Waals surface area (Å²) >= 11 is 3.58. The van der Waals surface area contributed by atoms with Gasteiger partial charge in [0.1, 0.15) is 0 Å². The highest BCUT2D eigenvalue weighted by molar-refractivity contribution is 9.10. The Balaban J connectivity index is 1.66. The topological polar surface area (TPSA) is 44.7 Å². The molecule has 1 aromatic rings. The second kappa shape index (κ2) is 7.59. The van der Waals surface area contributed by atoms with Gasteiger partial charge in [0.15, 0.2) is 0 Å². The summed E-state index contributed by atoms with van der Waals surface area (Å²) in [5, 5.41) is 12.8. The van der Waals surface area contributed by atoms with Crippen LogP contribution >= 0.6 is 15.9 Å². The van der Waals surface area contributed by atoms with Crippen molar-refractivity contribution < 1.29 is 9.84 Å². The highest BCUT2D eigenvalue weighted by Gasteiger charge is 2.19. The van der Waals surface area contributed by atoms with Gasteiger partial charge in [-0.15, -0.1) is 0 Å². The normalized spacial score (nSPS) is 24.9. The minimum Gasteiger partial charge on any atom is -0.396 e. The fourth-order valence-corrected chi connectivity index (χ4v) is 3.44. The number of ether oxygens (including phenoxy) is 1. The van der Waals surface area contributed by atoms with Crippen LogP contribution in [0, 0.1) is 5.92 Å². The van der Waals surface area contributed by atoms with E-state index in [0.717, 1.165) is 43.7 Å². The zero-order chi connectivity index (χ0) is 15.4. The minimum atomic E-state index is 0.242. The molecular formula is C17H23BrN2O2. The lowest BCUT2D eigenvalue weighted by molar-refractivity contribution is 0.122. The van der Waals surface area contributed by atoms with Crippen molar-refractivity contribution in [3.05, 3.63) is 40.4 Å². The van der Waals surface area contributed by atoms with Crippen LogP contribution in [0.3, 0.4) is 0 Å². The SMILES string of the molecule is OC[C@H]1C=C[C@@H](NCc2ccc(Br)cc2N2CCOCC2)C1. The summed E-state index contributed by atoms with van der Waals surface area (Å²) in [6, 6.07) is 6.84. The molecule has 1 saturated heterocycles. The second-order valence-electron chi connectivity index (χ2n) is 5.92. The van der Waals surface area contributed by atoms with Gasteiger partial charge in [0.25, 0.3) is 0 Å². The van der Waals surface area contributed by atoms with E-state index in [1.165, 1.54) is 11.3 Å². The van der Waals surface area contributed by atoms with Crippen molar-refractivity contribution >= 4 is 21.6 Å². The Morgan fingerprint density at radius 2 is 2.09 bits per heavy atom. The molecule has 0 radical (unpaired) electrons. The van der Waals surface area contributed by atoms with Gasteiger partial charge < -0.3 is 20.1 Å². The molecule has 5 heteroatoms. The number of anilines is 1. The Labute approximate surface area is 140 Å². The third-order valence-electron chi connectivity index (χ3n) is 4.36. The number of aliphatic hydroxyl groups excluding tert-OH is 1. The van der Waals surface area contributed by atoms with Crippen LogP contribution in [0.5, 0.6) is 0 Å². The summed E-state index contributed by atoms with van der Waals surface area (Å²) in [5.41, 5.74) is 2.59. The molecule has 120 valence electrons. The third-order valence-corrected chi connectivity index (χ3v) is 4.85. The van der Waals surface area contributed by atoms with E-state index in [1.54, 1.807) is 0 Å². The fraction of sp³-hybridized carbons (Fsp3) is 0.529. The van der Waals surface area contributed by atoms with Crippen molar-refractivity contribution in [3.63, 3.8) is 0 Å². The first kappa shape index (κ1) is 16.0. The predicted octanol–water partition coefficient (Wildman–Crippen LogP) is 2.31. The van der Waals surface area contributed by atoms with Gasteiger partial charge in [-0.2, -0.15) is 0 Å². The molecule has 1 aliphatic carbocycles. The molecule has 1 aromatic carbocycles. The van der Waals surface area contributed by atoms with E-state index in [9.17, 15) is 5.11 Å². The van der Waals surface area contributed by atoms with Gasteiger partial charge in [-0.3, -0.25) is 0 Å². The lowest BCUT2D eigenvalue weighted by atomic mass is 10.1. The van der Waals surface area contributed by atoms with Gasteiger partial charge >= 0.3 is 0 Å². The lowest BCUT2D eigenvalue weighted by Gasteiger charge is -2.31. The van der Waals surface area contributed by atoms with Crippen LogP contribution in [-0.2, 0) is 11.3 Å². The van der Waals surface area contributed by atoms with E-state index < -0.39 is 0 Å². The van der Waals surface area contributed by atoms with Gasteiger partial charge in [0, 0.05) is 48.4 Å². The quantitative estimate of drug-likeness (QED) is 0.784. The number of rotatable bonds is 5. The average Bonchev–Trinajstić information content (AvgIpc) is 3.02. The Hall–Kier alpha value is -0.880. The zero-order valence-electron chi connectivity index (χ0n) is 12.7. The van der Waals surface area contributed by atoms with Crippen LogP contribution in [0.4, 0.5) is 5.69 Å². The number of morpholine rings is 1. The molecule has 0 aromatic heterocycles. The summed E-state index contributed by atoms with van der Waals surface area (Å²) in [5.74, 6) is 0.307. The van der Waals surface area contributed by atoms with Crippen LogP contribution < -0.4 is 10.2 Å². The van der Waals surface area contributed by atoms with Crippen molar-refractivity contribution in [2.75, 3.05) is 37.8 Å². The Morgan fingerprint density at radius 3 is 2.82 bits per heavy atom. The number of hydrogen-bond donors (Lipinski definition) is 2. The summed E-state index contributed by atoms with van der Waals surface area (Å²) in [6.45, 7) is 4.56. The second-order valence-corrected chi connectivity index (χ2v) is 6.84. The first-order valence-electron chi connectivity index (χ1n) is 7.90. The molecule has 0 saturated carbocycles. The zero-order valence-corrected chi connectivity index (χ0v) is 14.3. The number of hydrogen-bond acceptors (Lipinski definition) is 4. The smallest absolute Gasteiger partial charge is 0.0642 e. The molecule has 1 fully saturated rings. The number of nitrogens with one attached hydrogen (secondary N) is 1. The molecule has 2 aliphatic rings. The van der Waals surface area contributed by atoms with Gasteiger partial charge in [-0.25, -0.2) is 0 Å². The maximum atomic E-state index is 9.21. The molecule has 2 atom stereocenters. The van der Waals surface area contributed by atoms with Crippen LogP contribution in [0.1, 0.15) is 12.0 Å². The molecule has 1 aliphatic heterocycles. The molecule has 3 rings (SSSR count). The molecule has 1 heterocycles. The van der Waals surface area contributed by atoms with Gasteiger partial charge in [0.2, 0.25) is 0 Å². The van der Waals surface area contributed by atoms with E-state index in [1.807, 2.05) is 0 Å². The van der Waals surface area contributed by atoms with Crippen LogP contribution in [0.15, 0.2) is 34.8 Å². The summed E-state index contributed by atoms with van der Waals surface area (Å²) in [7, 11) is 0. The third kappa shape index (κ3) is 3.90. The first-order chi connectivity index (χ1) is 10.8. The summed E-state index contributed by atoms with van der Waals surface area (Å²) < 4.78 is 6.56. The summed E-state index contributed by atoms with van der Waals surface area (Å²) in [4.78, 5) is 2.40. The maximum absolute atomic E-state index is 9.21. The molecule has 22 heavy (non-hydrogen) atoms. The molecule has 0 amide bonds. The average molecular weight is 367 g/mol. The molecule has 2 N–H and O–H groups in total. The van der Waals surface area contributed by atoms with E-state index >= 15 is 0 Å².